The summed E-state index contributed by atoms with van der Waals surface area (Å²) in [6.45, 7) is 5.04. The molecular weight excluding hydrogens is 204 g/mol. The minimum Gasteiger partial charge on any atom is -0.446 e. The number of oxazole rings is 1. The van der Waals surface area contributed by atoms with Gasteiger partial charge in [-0.3, -0.25) is 0 Å². The number of ether oxygens (including phenoxy) is 1. The lowest BCUT2D eigenvalue weighted by Gasteiger charge is -2.25. The molecule has 0 amide bonds. The van der Waals surface area contributed by atoms with E-state index in [0.29, 0.717) is 5.92 Å². The van der Waals surface area contributed by atoms with Gasteiger partial charge in [0.25, 0.3) is 0 Å². The monoisotopic (exact) mass is 222 g/mol. The third-order valence-corrected chi connectivity index (χ3v) is 3.44. The van der Waals surface area contributed by atoms with Crippen molar-refractivity contribution in [1.82, 2.24) is 10.3 Å². The topological polar surface area (TPSA) is 47.3 Å². The van der Waals surface area contributed by atoms with E-state index in [4.69, 9.17) is 9.15 Å². The lowest BCUT2D eigenvalue weighted by molar-refractivity contribution is 0.108. The summed E-state index contributed by atoms with van der Waals surface area (Å²) in [5, 5.41) is 3.26. The molecule has 0 bridgehead atoms. The van der Waals surface area contributed by atoms with Gasteiger partial charge < -0.3 is 14.5 Å². The zero-order chi connectivity index (χ0) is 11.0. The second-order valence-electron chi connectivity index (χ2n) is 4.78. The van der Waals surface area contributed by atoms with Crippen molar-refractivity contribution >= 4 is 0 Å². The second-order valence-corrected chi connectivity index (χ2v) is 4.78. The second kappa shape index (κ2) is 4.18. The van der Waals surface area contributed by atoms with Gasteiger partial charge in [0.1, 0.15) is 17.6 Å². The average molecular weight is 222 g/mol. The van der Waals surface area contributed by atoms with Crippen LogP contribution in [-0.4, -0.2) is 24.7 Å². The number of nitrogens with zero attached hydrogens (tertiary/aromatic N) is 1. The predicted molar refractivity (Wildman–Crippen MR) is 59.2 cm³/mol. The molecule has 1 aromatic rings. The maximum Gasteiger partial charge on any atom is 0.195 e. The fourth-order valence-electron chi connectivity index (χ4n) is 2.38. The van der Waals surface area contributed by atoms with Gasteiger partial charge in [0.15, 0.2) is 5.89 Å². The molecule has 0 spiro atoms. The highest BCUT2D eigenvalue weighted by atomic mass is 16.5. The van der Waals surface area contributed by atoms with Crippen molar-refractivity contribution in [2.24, 2.45) is 5.92 Å². The predicted octanol–water partition coefficient (Wildman–Crippen LogP) is 1.60. The lowest BCUT2D eigenvalue weighted by Crippen LogP contribution is -2.43. The van der Waals surface area contributed by atoms with Gasteiger partial charge in [0.2, 0.25) is 0 Å². The zero-order valence-corrected chi connectivity index (χ0v) is 9.66. The molecule has 16 heavy (non-hydrogen) atoms. The molecule has 88 valence electrons. The smallest absolute Gasteiger partial charge is 0.195 e. The molecule has 1 unspecified atom stereocenters. The summed E-state index contributed by atoms with van der Waals surface area (Å²) < 4.78 is 11.4. The molecule has 3 heterocycles. The van der Waals surface area contributed by atoms with E-state index in [-0.39, 0.29) is 6.10 Å². The van der Waals surface area contributed by atoms with Crippen molar-refractivity contribution in [3.63, 3.8) is 0 Å². The Hall–Kier alpha value is -0.870. The van der Waals surface area contributed by atoms with Gasteiger partial charge >= 0.3 is 0 Å². The Bertz CT molecular complexity index is 365. The molecule has 2 fully saturated rings. The largest absolute Gasteiger partial charge is 0.446 e. The van der Waals surface area contributed by atoms with E-state index >= 15 is 0 Å². The Morgan fingerprint density at radius 2 is 2.31 bits per heavy atom. The highest BCUT2D eigenvalue weighted by molar-refractivity contribution is 5.13. The fourth-order valence-corrected chi connectivity index (χ4v) is 2.38. The number of rotatable bonds is 3. The molecule has 4 nitrogen and oxygen atoms in total. The molecule has 0 radical (unpaired) electrons. The van der Waals surface area contributed by atoms with Crippen LogP contribution in [0.2, 0.25) is 0 Å². The van der Waals surface area contributed by atoms with E-state index < -0.39 is 0 Å². The summed E-state index contributed by atoms with van der Waals surface area (Å²) in [5.74, 6) is 2.53. The van der Waals surface area contributed by atoms with Crippen LogP contribution >= 0.6 is 0 Å². The highest BCUT2D eigenvalue weighted by Gasteiger charge is 2.26. The molecule has 1 N–H and O–H groups in total. The fraction of sp³-hybridized carbons (Fsp3) is 0.750. The minimum absolute atomic E-state index is 0.178. The molecule has 0 aliphatic carbocycles. The van der Waals surface area contributed by atoms with Gasteiger partial charge in [-0.2, -0.15) is 0 Å². The maximum absolute atomic E-state index is 5.71. The van der Waals surface area contributed by atoms with Crippen molar-refractivity contribution in [3.05, 3.63) is 17.3 Å². The summed E-state index contributed by atoms with van der Waals surface area (Å²) >= 11 is 0. The molecule has 1 aromatic heterocycles. The summed E-state index contributed by atoms with van der Waals surface area (Å²) in [4.78, 5) is 4.59. The van der Waals surface area contributed by atoms with Gasteiger partial charge in [0, 0.05) is 13.0 Å². The van der Waals surface area contributed by atoms with Crippen LogP contribution in [0.3, 0.4) is 0 Å². The van der Waals surface area contributed by atoms with Crippen molar-refractivity contribution in [2.45, 2.75) is 32.3 Å². The van der Waals surface area contributed by atoms with E-state index in [2.05, 4.69) is 10.3 Å². The number of aryl methyl sites for hydroxylation is 1. The van der Waals surface area contributed by atoms with Crippen LogP contribution in [0.1, 0.15) is 36.3 Å². The Morgan fingerprint density at radius 1 is 1.44 bits per heavy atom. The van der Waals surface area contributed by atoms with Crippen LogP contribution in [0, 0.1) is 12.8 Å². The third-order valence-electron chi connectivity index (χ3n) is 3.44. The highest BCUT2D eigenvalue weighted by Crippen LogP contribution is 2.30. The van der Waals surface area contributed by atoms with Crippen molar-refractivity contribution in [1.29, 1.82) is 0 Å². The first-order chi connectivity index (χ1) is 7.83. The SMILES string of the molecule is Cc1oc(CC2CNC2)nc1C1CCCO1. The Labute approximate surface area is 95.4 Å². The summed E-state index contributed by atoms with van der Waals surface area (Å²) in [7, 11) is 0. The first-order valence-electron chi connectivity index (χ1n) is 6.11. The molecule has 4 heteroatoms. The van der Waals surface area contributed by atoms with Crippen LogP contribution < -0.4 is 5.32 Å². The normalized spacial score (nSPS) is 25.9. The van der Waals surface area contributed by atoms with Gasteiger partial charge in [-0.15, -0.1) is 0 Å². The van der Waals surface area contributed by atoms with Gasteiger partial charge in [0.05, 0.1) is 0 Å². The average Bonchev–Trinajstić information content (AvgIpc) is 2.80. The summed E-state index contributed by atoms with van der Waals surface area (Å²) in [5.41, 5.74) is 1.03. The van der Waals surface area contributed by atoms with Gasteiger partial charge in [-0.05, 0) is 38.8 Å². The van der Waals surface area contributed by atoms with Crippen LogP contribution in [0.4, 0.5) is 0 Å². The third kappa shape index (κ3) is 1.87. The summed E-state index contributed by atoms with van der Waals surface area (Å²) in [6, 6.07) is 0. The first-order valence-corrected chi connectivity index (χ1v) is 6.11. The first kappa shape index (κ1) is 10.3. The molecule has 2 aliphatic heterocycles. The van der Waals surface area contributed by atoms with Crippen LogP contribution in [-0.2, 0) is 11.2 Å². The van der Waals surface area contributed by atoms with Crippen LogP contribution in [0.15, 0.2) is 4.42 Å². The number of hydrogen-bond acceptors (Lipinski definition) is 4. The molecule has 0 aromatic carbocycles. The molecule has 2 saturated heterocycles. The van der Waals surface area contributed by atoms with E-state index in [1.807, 2.05) is 6.92 Å². The van der Waals surface area contributed by atoms with Gasteiger partial charge in [-0.1, -0.05) is 0 Å². The molecule has 1 atom stereocenters. The van der Waals surface area contributed by atoms with Gasteiger partial charge in [-0.25, -0.2) is 4.98 Å². The number of aromatic nitrogens is 1. The van der Waals surface area contributed by atoms with E-state index in [0.717, 1.165) is 56.3 Å². The molecular formula is C12H18N2O2. The number of hydrogen-bond donors (Lipinski definition) is 1. The van der Waals surface area contributed by atoms with Crippen LogP contribution in [0.25, 0.3) is 0 Å². The lowest BCUT2D eigenvalue weighted by atomic mass is 10.00. The zero-order valence-electron chi connectivity index (χ0n) is 9.66. The Balaban J connectivity index is 1.72. The molecule has 0 saturated carbocycles. The van der Waals surface area contributed by atoms with Crippen molar-refractivity contribution in [2.75, 3.05) is 19.7 Å². The molecule has 3 rings (SSSR count). The minimum atomic E-state index is 0.178. The quantitative estimate of drug-likeness (QED) is 0.843. The Morgan fingerprint density at radius 3 is 2.94 bits per heavy atom. The van der Waals surface area contributed by atoms with E-state index in [9.17, 15) is 0 Å². The van der Waals surface area contributed by atoms with Crippen molar-refractivity contribution in [3.8, 4) is 0 Å². The van der Waals surface area contributed by atoms with E-state index in [1.54, 1.807) is 0 Å². The van der Waals surface area contributed by atoms with Crippen molar-refractivity contribution < 1.29 is 9.15 Å². The summed E-state index contributed by atoms with van der Waals surface area (Å²) in [6.07, 6.45) is 3.36. The maximum atomic E-state index is 5.71. The standard InChI is InChI=1S/C12H18N2O2/c1-8-12(10-3-2-4-15-10)14-11(16-8)5-9-6-13-7-9/h9-10,13H,2-7H2,1H3. The number of nitrogens with one attached hydrogen (secondary N) is 1. The molecule has 2 aliphatic rings. The Kier molecular flexibility index (Phi) is 2.69. The van der Waals surface area contributed by atoms with Crippen LogP contribution in [0.5, 0.6) is 0 Å². The van der Waals surface area contributed by atoms with E-state index in [1.165, 1.54) is 0 Å².